The fourth-order valence-corrected chi connectivity index (χ4v) is 2.76. The Morgan fingerprint density at radius 3 is 2.41 bits per heavy atom. The average molecular weight is 422 g/mol. The van der Waals surface area contributed by atoms with Gasteiger partial charge in [-0.15, -0.1) is 0 Å². The third-order valence-electron chi connectivity index (χ3n) is 3.93. The van der Waals surface area contributed by atoms with Crippen molar-refractivity contribution in [2.75, 3.05) is 10.6 Å². The minimum Gasteiger partial charge on any atom is -0.332 e. The van der Waals surface area contributed by atoms with Crippen LogP contribution in [0.2, 0.25) is 0 Å². The normalized spacial score (nSPS) is 10.7. The predicted octanol–water partition coefficient (Wildman–Crippen LogP) is 4.50. The maximum absolute atomic E-state index is 13.8. The van der Waals surface area contributed by atoms with Gasteiger partial charge in [0.2, 0.25) is 0 Å². The van der Waals surface area contributed by atoms with Crippen molar-refractivity contribution in [3.63, 3.8) is 0 Å². The van der Waals surface area contributed by atoms with Crippen molar-refractivity contribution >= 4 is 34.6 Å². The van der Waals surface area contributed by atoms with Crippen LogP contribution in [0.15, 0.2) is 42.6 Å². The van der Waals surface area contributed by atoms with Crippen LogP contribution in [-0.2, 0) is 6.54 Å². The maximum Gasteiger partial charge on any atom is 0.176 e. The number of carbonyl (C=O) groups excluding carboxylic acids is 1. The molecule has 0 unspecified atom stereocenters. The van der Waals surface area contributed by atoms with Crippen LogP contribution in [0, 0.1) is 23.3 Å². The fraction of sp³-hybridized carbons (Fsp3) is 0.105. The van der Waals surface area contributed by atoms with Gasteiger partial charge in [-0.05, 0) is 31.3 Å². The van der Waals surface area contributed by atoms with Crippen LogP contribution in [0.3, 0.4) is 0 Å². The van der Waals surface area contributed by atoms with E-state index in [1.54, 1.807) is 24.3 Å². The van der Waals surface area contributed by atoms with Gasteiger partial charge in [-0.3, -0.25) is 9.48 Å². The van der Waals surface area contributed by atoms with Crippen LogP contribution >= 0.6 is 12.2 Å². The minimum absolute atomic E-state index is 0.0977. The van der Waals surface area contributed by atoms with Crippen LogP contribution < -0.4 is 10.6 Å². The first-order chi connectivity index (χ1) is 13.7. The number of benzene rings is 2. The quantitative estimate of drug-likeness (QED) is 0.274. The monoisotopic (exact) mass is 422 g/mol. The van der Waals surface area contributed by atoms with Gasteiger partial charge in [0.15, 0.2) is 40.0 Å². The molecule has 3 aromatic rings. The third-order valence-corrected chi connectivity index (χ3v) is 4.14. The Labute approximate surface area is 168 Å². The number of nitrogens with zero attached hydrogens (tertiary/aromatic N) is 2. The van der Waals surface area contributed by atoms with E-state index in [4.69, 9.17) is 12.2 Å². The molecule has 10 heteroatoms. The number of anilines is 2. The highest BCUT2D eigenvalue weighted by atomic mass is 32.1. The number of halogens is 4. The maximum atomic E-state index is 13.8. The van der Waals surface area contributed by atoms with Crippen molar-refractivity contribution in [3.05, 3.63) is 77.0 Å². The Bertz CT molecular complexity index is 1070. The molecular weight excluding hydrogens is 408 g/mol. The first kappa shape index (κ1) is 20.5. The number of hydrogen-bond donors (Lipinski definition) is 2. The Hall–Kier alpha value is -3.27. The summed E-state index contributed by atoms with van der Waals surface area (Å²) in [5.74, 6) is -5.78. The van der Waals surface area contributed by atoms with Gasteiger partial charge >= 0.3 is 0 Å². The van der Waals surface area contributed by atoms with E-state index in [0.29, 0.717) is 11.3 Å². The molecule has 0 saturated carbocycles. The molecule has 0 fully saturated rings. The van der Waals surface area contributed by atoms with Crippen molar-refractivity contribution in [2.45, 2.75) is 13.5 Å². The summed E-state index contributed by atoms with van der Waals surface area (Å²) in [6, 6.07) is 8.31. The molecule has 0 saturated heterocycles. The molecule has 1 heterocycles. The lowest BCUT2D eigenvalue weighted by Gasteiger charge is -2.10. The van der Waals surface area contributed by atoms with Gasteiger partial charge in [0, 0.05) is 29.6 Å². The van der Waals surface area contributed by atoms with E-state index < -0.39 is 35.4 Å². The minimum atomic E-state index is -1.48. The number of nitrogens with one attached hydrogen (secondary N) is 2. The third kappa shape index (κ3) is 4.77. The van der Waals surface area contributed by atoms with E-state index in [-0.39, 0.29) is 22.8 Å². The van der Waals surface area contributed by atoms with Crippen LogP contribution in [0.25, 0.3) is 0 Å². The molecule has 2 N–H and O–H groups in total. The lowest BCUT2D eigenvalue weighted by molar-refractivity contribution is 0.101. The Morgan fingerprint density at radius 2 is 1.76 bits per heavy atom. The van der Waals surface area contributed by atoms with E-state index in [0.717, 1.165) is 4.68 Å². The number of aromatic nitrogens is 2. The summed E-state index contributed by atoms with van der Waals surface area (Å²) in [5, 5.41) is 9.82. The molecular formula is C19H14F4N4OS. The molecule has 1 aromatic heterocycles. The van der Waals surface area contributed by atoms with Gasteiger partial charge in [-0.2, -0.15) is 5.10 Å². The summed E-state index contributed by atoms with van der Waals surface area (Å²) >= 11 is 5.17. The van der Waals surface area contributed by atoms with E-state index in [2.05, 4.69) is 15.7 Å². The van der Waals surface area contributed by atoms with Gasteiger partial charge in [0.1, 0.15) is 0 Å². The first-order valence-electron chi connectivity index (χ1n) is 8.29. The molecule has 0 atom stereocenters. The van der Waals surface area contributed by atoms with E-state index in [9.17, 15) is 22.4 Å². The zero-order valence-electron chi connectivity index (χ0n) is 15.0. The molecule has 150 valence electrons. The summed E-state index contributed by atoms with van der Waals surface area (Å²) in [7, 11) is 0. The van der Waals surface area contributed by atoms with Crippen molar-refractivity contribution in [1.29, 1.82) is 0 Å². The molecule has 3 rings (SSSR count). The second-order valence-corrected chi connectivity index (χ2v) is 6.47. The molecule has 0 aliphatic carbocycles. The molecule has 0 bridgehead atoms. The predicted molar refractivity (Wildman–Crippen MR) is 104 cm³/mol. The summed E-state index contributed by atoms with van der Waals surface area (Å²) in [5.41, 5.74) is 0.307. The first-order valence-corrected chi connectivity index (χ1v) is 8.69. The summed E-state index contributed by atoms with van der Waals surface area (Å²) < 4.78 is 55.3. The number of carbonyl (C=O) groups is 1. The number of hydrogen-bond acceptors (Lipinski definition) is 3. The fourth-order valence-electron chi connectivity index (χ4n) is 2.53. The molecule has 0 aliphatic heterocycles. The largest absolute Gasteiger partial charge is 0.332 e. The van der Waals surface area contributed by atoms with Gasteiger partial charge in [-0.1, -0.05) is 12.1 Å². The van der Waals surface area contributed by atoms with Crippen LogP contribution in [0.4, 0.5) is 29.1 Å². The molecule has 29 heavy (non-hydrogen) atoms. The number of thiocarbonyl (C=S) groups is 1. The highest BCUT2D eigenvalue weighted by Gasteiger charge is 2.19. The van der Waals surface area contributed by atoms with Gasteiger partial charge in [0.25, 0.3) is 0 Å². The molecule has 0 radical (unpaired) electrons. The second kappa shape index (κ2) is 8.39. The van der Waals surface area contributed by atoms with Crippen molar-refractivity contribution < 1.29 is 22.4 Å². The van der Waals surface area contributed by atoms with Crippen molar-refractivity contribution in [1.82, 2.24) is 9.78 Å². The molecule has 2 aromatic carbocycles. The molecule has 5 nitrogen and oxygen atoms in total. The van der Waals surface area contributed by atoms with Crippen LogP contribution in [0.5, 0.6) is 0 Å². The number of ketones is 1. The van der Waals surface area contributed by atoms with E-state index in [1.165, 1.54) is 19.2 Å². The lowest BCUT2D eigenvalue weighted by Crippen LogP contribution is -2.19. The van der Waals surface area contributed by atoms with Crippen molar-refractivity contribution in [3.8, 4) is 0 Å². The molecule has 0 aliphatic rings. The molecule has 0 amide bonds. The summed E-state index contributed by atoms with van der Waals surface area (Å²) in [6.07, 6.45) is 1.36. The summed E-state index contributed by atoms with van der Waals surface area (Å²) in [4.78, 5) is 11.4. The van der Waals surface area contributed by atoms with Crippen molar-refractivity contribution in [2.24, 2.45) is 0 Å². The topological polar surface area (TPSA) is 59.0 Å². The van der Waals surface area contributed by atoms with Crippen LogP contribution in [0.1, 0.15) is 22.8 Å². The number of rotatable bonds is 5. The average Bonchev–Trinajstić information content (AvgIpc) is 3.10. The smallest absolute Gasteiger partial charge is 0.176 e. The Morgan fingerprint density at radius 1 is 1.07 bits per heavy atom. The van der Waals surface area contributed by atoms with E-state index >= 15 is 0 Å². The standard InChI is InChI=1S/C19H14F4N4OS/c1-10(28)11-3-2-4-12(7-11)24-19(29)25-16-5-6-27(26-16)9-13-17(22)14(20)8-15(21)18(13)23/h2-8H,9H2,1H3,(H2,24,25,26,29). The van der Waals surface area contributed by atoms with Gasteiger partial charge in [0.05, 0.1) is 12.1 Å². The zero-order valence-corrected chi connectivity index (χ0v) is 15.8. The number of Topliss-reactive ketones (excluding diaryl/α,β-unsaturated/α-hetero) is 1. The van der Waals surface area contributed by atoms with Gasteiger partial charge < -0.3 is 10.6 Å². The Balaban J connectivity index is 1.69. The van der Waals surface area contributed by atoms with Crippen LogP contribution in [-0.4, -0.2) is 20.7 Å². The summed E-state index contributed by atoms with van der Waals surface area (Å²) in [6.45, 7) is 0.924. The Kier molecular flexibility index (Phi) is 5.92. The highest BCUT2D eigenvalue weighted by Crippen LogP contribution is 2.20. The van der Waals surface area contributed by atoms with E-state index in [1.807, 2.05) is 0 Å². The second-order valence-electron chi connectivity index (χ2n) is 6.06. The highest BCUT2D eigenvalue weighted by molar-refractivity contribution is 7.80. The molecule has 0 spiro atoms. The van der Waals surface area contributed by atoms with Gasteiger partial charge in [-0.25, -0.2) is 17.6 Å². The lowest BCUT2D eigenvalue weighted by atomic mass is 10.1. The SMILES string of the molecule is CC(=O)c1cccc(NC(=S)Nc2ccn(Cc3c(F)c(F)cc(F)c3F)n2)c1. The zero-order chi connectivity index (χ0) is 21.1.